The minimum atomic E-state index is -1.03. The summed E-state index contributed by atoms with van der Waals surface area (Å²) in [4.78, 5) is 26.4. The Morgan fingerprint density at radius 1 is 1.24 bits per heavy atom. The van der Waals surface area contributed by atoms with E-state index in [9.17, 15) is 9.59 Å². The first-order valence-corrected chi connectivity index (χ1v) is 6.21. The first-order valence-electron chi connectivity index (χ1n) is 6.21. The Labute approximate surface area is 121 Å². The normalized spacial score (nSPS) is 10.0. The summed E-state index contributed by atoms with van der Waals surface area (Å²) in [5, 5.41) is 11.5. The van der Waals surface area contributed by atoms with Crippen molar-refractivity contribution >= 4 is 11.9 Å². The molecule has 0 aliphatic heterocycles. The van der Waals surface area contributed by atoms with Gasteiger partial charge in [-0.25, -0.2) is 4.79 Å². The molecule has 1 heterocycles. The van der Waals surface area contributed by atoms with Crippen LogP contribution in [0, 0.1) is 6.92 Å². The number of ether oxygens (including phenoxy) is 1. The predicted molar refractivity (Wildman–Crippen MR) is 75.8 cm³/mol. The predicted octanol–water partition coefficient (Wildman–Crippen LogP) is 2.24. The number of carboxylic acids is 1. The number of rotatable bonds is 4. The summed E-state index contributed by atoms with van der Waals surface area (Å²) in [6.07, 6.45) is 1.45. The molecule has 1 aromatic carbocycles. The molecule has 0 unspecified atom stereocenters. The Morgan fingerprint density at radius 2 is 2.00 bits per heavy atom. The van der Waals surface area contributed by atoms with Crippen LogP contribution in [0.4, 0.5) is 0 Å². The van der Waals surface area contributed by atoms with Gasteiger partial charge in [0.25, 0.3) is 5.91 Å². The molecule has 0 aliphatic rings. The lowest BCUT2D eigenvalue weighted by molar-refractivity contribution is 0.0696. The second-order valence-electron chi connectivity index (χ2n) is 4.34. The molecule has 0 spiro atoms. The van der Waals surface area contributed by atoms with Crippen molar-refractivity contribution in [2.75, 3.05) is 7.05 Å². The molecule has 108 valence electrons. The maximum absolute atomic E-state index is 11.5. The van der Waals surface area contributed by atoms with Gasteiger partial charge in [0.05, 0.1) is 5.56 Å². The first-order chi connectivity index (χ1) is 10.0. The van der Waals surface area contributed by atoms with Crippen LogP contribution in [0.1, 0.15) is 26.4 Å². The minimum absolute atomic E-state index is 0.135. The standard InChI is InChI=1S/C15H14N2O4/c1-9-3-4-10(15(19)20)7-13(9)21-11-5-6-17-12(8-11)14(18)16-2/h3-8H,1-2H3,(H,16,18)(H,19,20). The molecule has 1 aromatic heterocycles. The summed E-state index contributed by atoms with van der Waals surface area (Å²) in [7, 11) is 1.51. The number of nitrogens with one attached hydrogen (secondary N) is 1. The van der Waals surface area contributed by atoms with Gasteiger partial charge in [0, 0.05) is 19.3 Å². The van der Waals surface area contributed by atoms with Crippen molar-refractivity contribution in [3.05, 3.63) is 53.3 Å². The van der Waals surface area contributed by atoms with Gasteiger partial charge < -0.3 is 15.2 Å². The Balaban J connectivity index is 2.32. The number of hydrogen-bond acceptors (Lipinski definition) is 4. The van der Waals surface area contributed by atoms with E-state index in [1.165, 1.54) is 31.4 Å². The topological polar surface area (TPSA) is 88.5 Å². The third kappa shape index (κ3) is 3.36. The second-order valence-corrected chi connectivity index (χ2v) is 4.34. The molecule has 0 aliphatic carbocycles. The summed E-state index contributed by atoms with van der Waals surface area (Å²) in [6, 6.07) is 7.70. The summed E-state index contributed by atoms with van der Waals surface area (Å²) in [6.45, 7) is 1.81. The van der Waals surface area contributed by atoms with Gasteiger partial charge in [0.2, 0.25) is 0 Å². The maximum atomic E-state index is 11.5. The van der Waals surface area contributed by atoms with E-state index in [1.807, 2.05) is 6.92 Å². The highest BCUT2D eigenvalue weighted by Gasteiger charge is 2.10. The fourth-order valence-electron chi connectivity index (χ4n) is 1.70. The number of aryl methyl sites for hydroxylation is 1. The third-order valence-electron chi connectivity index (χ3n) is 2.85. The Kier molecular flexibility index (Phi) is 4.18. The molecule has 0 saturated carbocycles. The Morgan fingerprint density at radius 3 is 2.67 bits per heavy atom. The summed E-state index contributed by atoms with van der Waals surface area (Å²) in [5.74, 6) is -0.518. The molecular formula is C15H14N2O4. The number of aromatic nitrogens is 1. The number of hydrogen-bond donors (Lipinski definition) is 2. The van der Waals surface area contributed by atoms with Crippen LogP contribution < -0.4 is 10.1 Å². The molecule has 2 aromatic rings. The molecule has 0 radical (unpaired) electrons. The largest absolute Gasteiger partial charge is 0.478 e. The number of benzene rings is 1. The monoisotopic (exact) mass is 286 g/mol. The van der Waals surface area contributed by atoms with E-state index in [2.05, 4.69) is 10.3 Å². The van der Waals surface area contributed by atoms with Gasteiger partial charge in [-0.05, 0) is 30.7 Å². The molecule has 6 nitrogen and oxygen atoms in total. The van der Waals surface area contributed by atoms with Crippen molar-refractivity contribution in [1.82, 2.24) is 10.3 Å². The molecule has 0 saturated heterocycles. The number of carbonyl (C=O) groups is 2. The van der Waals surface area contributed by atoms with Gasteiger partial charge in [-0.15, -0.1) is 0 Å². The fourth-order valence-corrected chi connectivity index (χ4v) is 1.70. The zero-order valence-corrected chi connectivity index (χ0v) is 11.6. The molecular weight excluding hydrogens is 272 g/mol. The lowest BCUT2D eigenvalue weighted by Crippen LogP contribution is -2.18. The number of pyridine rings is 1. The van der Waals surface area contributed by atoms with Crippen LogP contribution in [0.25, 0.3) is 0 Å². The van der Waals surface area contributed by atoms with Crippen molar-refractivity contribution in [1.29, 1.82) is 0 Å². The van der Waals surface area contributed by atoms with E-state index >= 15 is 0 Å². The quantitative estimate of drug-likeness (QED) is 0.899. The van der Waals surface area contributed by atoms with Gasteiger partial charge in [0.15, 0.2) is 0 Å². The minimum Gasteiger partial charge on any atom is -0.478 e. The highest BCUT2D eigenvalue weighted by atomic mass is 16.5. The number of aromatic carboxylic acids is 1. The van der Waals surface area contributed by atoms with E-state index in [-0.39, 0.29) is 17.2 Å². The number of carboxylic acid groups (broad SMARTS) is 1. The average Bonchev–Trinajstić information content (AvgIpc) is 2.48. The van der Waals surface area contributed by atoms with E-state index in [0.29, 0.717) is 11.5 Å². The van der Waals surface area contributed by atoms with E-state index < -0.39 is 5.97 Å². The maximum Gasteiger partial charge on any atom is 0.335 e. The molecule has 0 bridgehead atoms. The van der Waals surface area contributed by atoms with Crippen LogP contribution in [0.3, 0.4) is 0 Å². The van der Waals surface area contributed by atoms with Crippen molar-refractivity contribution in [2.45, 2.75) is 6.92 Å². The van der Waals surface area contributed by atoms with Gasteiger partial charge in [-0.1, -0.05) is 6.07 Å². The lowest BCUT2D eigenvalue weighted by Gasteiger charge is -2.10. The fraction of sp³-hybridized carbons (Fsp3) is 0.133. The zero-order valence-electron chi connectivity index (χ0n) is 11.6. The van der Waals surface area contributed by atoms with Crippen LogP contribution in [-0.4, -0.2) is 29.0 Å². The van der Waals surface area contributed by atoms with Crippen molar-refractivity contribution in [3.8, 4) is 11.5 Å². The van der Waals surface area contributed by atoms with Crippen molar-refractivity contribution < 1.29 is 19.4 Å². The number of carbonyl (C=O) groups excluding carboxylic acids is 1. The van der Waals surface area contributed by atoms with Gasteiger partial charge in [-0.2, -0.15) is 0 Å². The van der Waals surface area contributed by atoms with Crippen LogP contribution in [0.2, 0.25) is 0 Å². The van der Waals surface area contributed by atoms with Crippen molar-refractivity contribution in [3.63, 3.8) is 0 Å². The van der Waals surface area contributed by atoms with E-state index in [4.69, 9.17) is 9.84 Å². The van der Waals surface area contributed by atoms with Crippen LogP contribution >= 0.6 is 0 Å². The molecule has 6 heteroatoms. The third-order valence-corrected chi connectivity index (χ3v) is 2.85. The van der Waals surface area contributed by atoms with Gasteiger partial charge in [0.1, 0.15) is 17.2 Å². The molecule has 2 rings (SSSR count). The van der Waals surface area contributed by atoms with Crippen LogP contribution in [0.15, 0.2) is 36.5 Å². The van der Waals surface area contributed by atoms with E-state index in [0.717, 1.165) is 5.56 Å². The SMILES string of the molecule is CNC(=O)c1cc(Oc2cc(C(=O)O)ccc2C)ccn1. The average molecular weight is 286 g/mol. The van der Waals surface area contributed by atoms with Crippen molar-refractivity contribution in [2.24, 2.45) is 0 Å². The van der Waals surface area contributed by atoms with Gasteiger partial charge >= 0.3 is 5.97 Å². The smallest absolute Gasteiger partial charge is 0.335 e. The molecule has 1 amide bonds. The summed E-state index contributed by atoms with van der Waals surface area (Å²) in [5.41, 5.74) is 1.15. The van der Waals surface area contributed by atoms with Gasteiger partial charge in [-0.3, -0.25) is 9.78 Å². The molecule has 0 fully saturated rings. The van der Waals surface area contributed by atoms with Crippen LogP contribution in [0.5, 0.6) is 11.5 Å². The second kappa shape index (κ2) is 6.04. The first kappa shape index (κ1) is 14.5. The van der Waals surface area contributed by atoms with E-state index in [1.54, 1.807) is 12.1 Å². The Bertz CT molecular complexity index is 698. The summed E-state index contributed by atoms with van der Waals surface area (Å²) >= 11 is 0. The highest BCUT2D eigenvalue weighted by Crippen LogP contribution is 2.26. The zero-order chi connectivity index (χ0) is 15.4. The number of amides is 1. The summed E-state index contributed by atoms with van der Waals surface area (Å²) < 4.78 is 5.65. The van der Waals surface area contributed by atoms with Crippen LogP contribution in [-0.2, 0) is 0 Å². The Hall–Kier alpha value is -2.89. The lowest BCUT2D eigenvalue weighted by atomic mass is 10.1. The molecule has 0 atom stereocenters. The highest BCUT2D eigenvalue weighted by molar-refractivity contribution is 5.92. The molecule has 2 N–H and O–H groups in total. The number of nitrogens with zero attached hydrogens (tertiary/aromatic N) is 1. The molecule has 21 heavy (non-hydrogen) atoms.